The first kappa shape index (κ1) is 19.1. The molecule has 1 aliphatic carbocycles. The molecule has 0 aliphatic heterocycles. The van der Waals surface area contributed by atoms with E-state index in [1.54, 1.807) is 6.92 Å². The summed E-state index contributed by atoms with van der Waals surface area (Å²) in [5, 5.41) is 12.9. The highest BCUT2D eigenvalue weighted by molar-refractivity contribution is 5.80. The van der Waals surface area contributed by atoms with E-state index in [9.17, 15) is 9.18 Å². The summed E-state index contributed by atoms with van der Waals surface area (Å²) in [5.41, 5.74) is 2.86. The average Bonchev–Trinajstić information content (AvgIpc) is 3.47. The Kier molecular flexibility index (Phi) is 4.59. The Morgan fingerprint density at radius 1 is 1.16 bits per heavy atom. The molecule has 0 atom stereocenters. The molecule has 1 saturated carbocycles. The van der Waals surface area contributed by atoms with Gasteiger partial charge in [0.1, 0.15) is 11.5 Å². The van der Waals surface area contributed by atoms with Crippen molar-refractivity contribution in [2.45, 2.75) is 38.6 Å². The van der Waals surface area contributed by atoms with Crippen LogP contribution in [-0.4, -0.2) is 19.7 Å². The maximum Gasteiger partial charge on any atom is 0.272 e. The molecule has 154 valence electrons. The van der Waals surface area contributed by atoms with Gasteiger partial charge < -0.3 is 9.09 Å². The summed E-state index contributed by atoms with van der Waals surface area (Å²) in [6.07, 6.45) is 4.22. The maximum absolute atomic E-state index is 14.3. The number of halogens is 1. The van der Waals surface area contributed by atoms with Crippen LogP contribution >= 0.6 is 0 Å². The number of benzene rings is 2. The third kappa shape index (κ3) is 3.28. The van der Waals surface area contributed by atoms with E-state index in [1.165, 1.54) is 12.1 Å². The van der Waals surface area contributed by atoms with Crippen molar-refractivity contribution in [3.63, 3.8) is 0 Å². The van der Waals surface area contributed by atoms with Crippen LogP contribution in [0.5, 0.6) is 0 Å². The van der Waals surface area contributed by atoms with E-state index in [1.807, 2.05) is 28.8 Å². The van der Waals surface area contributed by atoms with Gasteiger partial charge in [0.2, 0.25) is 5.82 Å². The van der Waals surface area contributed by atoms with Crippen molar-refractivity contribution in [1.29, 1.82) is 5.26 Å². The zero-order valence-corrected chi connectivity index (χ0v) is 16.8. The molecular formula is C23H18FN5O2. The van der Waals surface area contributed by atoms with Crippen LogP contribution in [0.15, 0.2) is 45.7 Å². The van der Waals surface area contributed by atoms with Crippen molar-refractivity contribution in [2.75, 3.05) is 0 Å². The fraction of sp³-hybridized carbons (Fsp3) is 0.261. The van der Waals surface area contributed by atoms with E-state index in [4.69, 9.17) is 9.78 Å². The molecule has 0 amide bonds. The zero-order chi connectivity index (χ0) is 21.5. The van der Waals surface area contributed by atoms with Crippen LogP contribution in [0.3, 0.4) is 0 Å². The van der Waals surface area contributed by atoms with Crippen LogP contribution in [-0.2, 0) is 0 Å². The van der Waals surface area contributed by atoms with Crippen LogP contribution < -0.4 is 5.56 Å². The standard InChI is InChI=1S/C23H18FN5O2/c1-13-23(30)29(16-4-2-3-5-16)20-9-7-15(11-19(20)26-13)21-27-22(31-28-21)17-8-6-14(12-25)10-18(17)24/h6-11,16H,2-5H2,1H3. The van der Waals surface area contributed by atoms with E-state index in [0.29, 0.717) is 22.6 Å². The number of aromatic nitrogens is 4. The maximum atomic E-state index is 14.3. The summed E-state index contributed by atoms with van der Waals surface area (Å²) in [7, 11) is 0. The number of fused-ring (bicyclic) bond motifs is 1. The number of nitrogens with zero attached hydrogens (tertiary/aromatic N) is 5. The smallest absolute Gasteiger partial charge is 0.272 e. The first-order valence-electron chi connectivity index (χ1n) is 10.1. The van der Waals surface area contributed by atoms with Gasteiger partial charge in [-0.2, -0.15) is 10.2 Å². The molecular weight excluding hydrogens is 397 g/mol. The van der Waals surface area contributed by atoms with Crippen LogP contribution in [0.4, 0.5) is 4.39 Å². The van der Waals surface area contributed by atoms with Gasteiger partial charge in [0.25, 0.3) is 11.4 Å². The molecule has 5 rings (SSSR count). The third-order valence-corrected chi connectivity index (χ3v) is 5.75. The first-order valence-corrected chi connectivity index (χ1v) is 10.1. The third-order valence-electron chi connectivity index (χ3n) is 5.75. The van der Waals surface area contributed by atoms with Crippen molar-refractivity contribution in [3.05, 3.63) is 63.8 Å². The summed E-state index contributed by atoms with van der Waals surface area (Å²) < 4.78 is 21.4. The van der Waals surface area contributed by atoms with Crippen LogP contribution in [0.1, 0.15) is 43.0 Å². The molecule has 2 heterocycles. The Morgan fingerprint density at radius 3 is 2.71 bits per heavy atom. The van der Waals surface area contributed by atoms with E-state index < -0.39 is 5.82 Å². The van der Waals surface area contributed by atoms with Gasteiger partial charge >= 0.3 is 0 Å². The van der Waals surface area contributed by atoms with Gasteiger partial charge in [0, 0.05) is 11.6 Å². The fourth-order valence-corrected chi connectivity index (χ4v) is 4.20. The lowest BCUT2D eigenvalue weighted by Crippen LogP contribution is -2.26. The van der Waals surface area contributed by atoms with E-state index in [0.717, 1.165) is 37.3 Å². The van der Waals surface area contributed by atoms with E-state index in [2.05, 4.69) is 15.1 Å². The monoisotopic (exact) mass is 415 g/mol. The minimum atomic E-state index is -0.606. The predicted molar refractivity (Wildman–Crippen MR) is 112 cm³/mol. The zero-order valence-electron chi connectivity index (χ0n) is 16.8. The molecule has 0 bridgehead atoms. The Hall–Kier alpha value is -3.86. The number of rotatable bonds is 3. The summed E-state index contributed by atoms with van der Waals surface area (Å²) in [4.78, 5) is 21.6. The van der Waals surface area contributed by atoms with Crippen molar-refractivity contribution in [3.8, 4) is 28.9 Å². The van der Waals surface area contributed by atoms with Gasteiger partial charge in [0.15, 0.2) is 0 Å². The molecule has 0 radical (unpaired) electrons. The van der Waals surface area contributed by atoms with Crippen LogP contribution in [0.2, 0.25) is 0 Å². The molecule has 0 saturated heterocycles. The normalized spacial score (nSPS) is 14.2. The molecule has 7 nitrogen and oxygen atoms in total. The van der Waals surface area contributed by atoms with E-state index >= 15 is 0 Å². The largest absolute Gasteiger partial charge is 0.334 e. The topological polar surface area (TPSA) is 97.6 Å². The lowest BCUT2D eigenvalue weighted by molar-refractivity contribution is 0.429. The average molecular weight is 415 g/mol. The Bertz CT molecular complexity index is 1410. The lowest BCUT2D eigenvalue weighted by atomic mass is 10.1. The van der Waals surface area contributed by atoms with Crippen molar-refractivity contribution in [2.24, 2.45) is 0 Å². The number of hydrogen-bond acceptors (Lipinski definition) is 6. The highest BCUT2D eigenvalue weighted by Gasteiger charge is 2.22. The van der Waals surface area contributed by atoms with Crippen molar-refractivity contribution < 1.29 is 8.91 Å². The second-order valence-electron chi connectivity index (χ2n) is 7.74. The number of aryl methyl sites for hydroxylation is 1. The summed E-state index contributed by atoms with van der Waals surface area (Å²) in [6, 6.07) is 11.6. The number of hydrogen-bond donors (Lipinski definition) is 0. The van der Waals surface area contributed by atoms with Gasteiger partial charge in [-0.15, -0.1) is 0 Å². The first-order chi connectivity index (χ1) is 15.0. The minimum absolute atomic E-state index is 0.0251. The van der Waals surface area contributed by atoms with Crippen LogP contribution in [0.25, 0.3) is 33.9 Å². The Balaban J connectivity index is 1.57. The number of nitriles is 1. The Morgan fingerprint density at radius 2 is 1.97 bits per heavy atom. The second kappa shape index (κ2) is 7.43. The molecule has 31 heavy (non-hydrogen) atoms. The van der Waals surface area contributed by atoms with Gasteiger partial charge in [-0.1, -0.05) is 18.0 Å². The van der Waals surface area contributed by atoms with Crippen molar-refractivity contribution >= 4 is 11.0 Å². The molecule has 2 aromatic heterocycles. The lowest BCUT2D eigenvalue weighted by Gasteiger charge is -2.17. The van der Waals surface area contributed by atoms with Gasteiger partial charge in [-0.05, 0) is 56.2 Å². The summed E-state index contributed by atoms with van der Waals surface area (Å²) in [5.74, 6) is -0.290. The van der Waals surface area contributed by atoms with E-state index in [-0.39, 0.29) is 28.6 Å². The quantitative estimate of drug-likeness (QED) is 0.487. The molecule has 0 spiro atoms. The highest BCUT2D eigenvalue weighted by atomic mass is 19.1. The van der Waals surface area contributed by atoms with Gasteiger partial charge in [-0.3, -0.25) is 4.79 Å². The molecule has 8 heteroatoms. The van der Waals surface area contributed by atoms with Crippen LogP contribution in [0, 0.1) is 24.1 Å². The van der Waals surface area contributed by atoms with Crippen molar-refractivity contribution in [1.82, 2.24) is 19.7 Å². The Labute approximate surface area is 176 Å². The van der Waals surface area contributed by atoms with Gasteiger partial charge in [0.05, 0.1) is 28.2 Å². The molecule has 1 aliphatic rings. The molecule has 0 unspecified atom stereocenters. The second-order valence-corrected chi connectivity index (χ2v) is 7.74. The highest BCUT2D eigenvalue weighted by Crippen LogP contribution is 2.32. The molecule has 0 N–H and O–H groups in total. The predicted octanol–water partition coefficient (Wildman–Crippen LogP) is 4.55. The molecule has 4 aromatic rings. The molecule has 2 aromatic carbocycles. The SMILES string of the molecule is Cc1nc2cc(-c3noc(-c4ccc(C#N)cc4F)n3)ccc2n(C2CCCC2)c1=O. The summed E-state index contributed by atoms with van der Waals surface area (Å²) >= 11 is 0. The minimum Gasteiger partial charge on any atom is -0.334 e. The van der Waals surface area contributed by atoms with Gasteiger partial charge in [-0.25, -0.2) is 9.37 Å². The molecule has 1 fully saturated rings. The summed E-state index contributed by atoms with van der Waals surface area (Å²) in [6.45, 7) is 1.72. The fourth-order valence-electron chi connectivity index (χ4n) is 4.20.